The molecule has 166 valence electrons. The van der Waals surface area contributed by atoms with Gasteiger partial charge < -0.3 is 18.6 Å². The van der Waals surface area contributed by atoms with Crippen LogP contribution in [0.4, 0.5) is 5.88 Å². The summed E-state index contributed by atoms with van der Waals surface area (Å²) in [5.41, 5.74) is 0.166. The minimum absolute atomic E-state index is 0.0605. The normalized spacial score (nSPS) is 20.2. The number of rotatable bonds is 6. The SMILES string of the molecule is CCCS(=O)(=O)N1CCCC1C(=O)N1CCN(c2oc(-c3ccco3)nc2C#N)CC1. The molecule has 2 aromatic rings. The maximum Gasteiger partial charge on any atom is 0.266 e. The number of furan rings is 1. The Bertz CT molecular complexity index is 1060. The average Bonchev–Trinajstić information content (AvgIpc) is 3.53. The number of hydrogen-bond donors (Lipinski definition) is 0. The molecule has 4 heterocycles. The first-order valence-electron chi connectivity index (χ1n) is 10.4. The van der Waals surface area contributed by atoms with Gasteiger partial charge in [-0.3, -0.25) is 4.79 Å². The van der Waals surface area contributed by atoms with Crippen molar-refractivity contribution in [3.8, 4) is 17.7 Å². The molecule has 4 rings (SSSR count). The summed E-state index contributed by atoms with van der Waals surface area (Å²) in [5, 5.41) is 9.44. The second-order valence-corrected chi connectivity index (χ2v) is 9.70. The highest BCUT2D eigenvalue weighted by Gasteiger charge is 2.40. The summed E-state index contributed by atoms with van der Waals surface area (Å²) < 4.78 is 37.5. The lowest BCUT2D eigenvalue weighted by Crippen LogP contribution is -2.54. The van der Waals surface area contributed by atoms with Crippen LogP contribution in [0.2, 0.25) is 0 Å². The molecule has 0 bridgehead atoms. The van der Waals surface area contributed by atoms with Gasteiger partial charge in [0, 0.05) is 32.7 Å². The quantitative estimate of drug-likeness (QED) is 0.655. The van der Waals surface area contributed by atoms with E-state index in [4.69, 9.17) is 8.83 Å². The highest BCUT2D eigenvalue weighted by atomic mass is 32.2. The Kier molecular flexibility index (Phi) is 6.02. The molecule has 2 saturated heterocycles. The van der Waals surface area contributed by atoms with Gasteiger partial charge in [0.1, 0.15) is 12.1 Å². The van der Waals surface area contributed by atoms with E-state index in [2.05, 4.69) is 4.98 Å². The molecule has 2 aliphatic heterocycles. The van der Waals surface area contributed by atoms with Crippen molar-refractivity contribution in [3.05, 3.63) is 24.1 Å². The Labute approximate surface area is 181 Å². The number of sulfonamides is 1. The van der Waals surface area contributed by atoms with Crippen LogP contribution in [0.1, 0.15) is 31.9 Å². The maximum atomic E-state index is 13.1. The van der Waals surface area contributed by atoms with Crippen molar-refractivity contribution >= 4 is 21.8 Å². The van der Waals surface area contributed by atoms with Gasteiger partial charge >= 0.3 is 0 Å². The molecule has 2 aliphatic rings. The summed E-state index contributed by atoms with van der Waals surface area (Å²) in [7, 11) is -3.42. The van der Waals surface area contributed by atoms with Gasteiger partial charge in [-0.25, -0.2) is 8.42 Å². The van der Waals surface area contributed by atoms with Crippen LogP contribution in [0.15, 0.2) is 27.2 Å². The Morgan fingerprint density at radius 3 is 2.71 bits per heavy atom. The number of nitriles is 1. The molecule has 0 aromatic carbocycles. The third-order valence-corrected chi connectivity index (χ3v) is 7.71. The van der Waals surface area contributed by atoms with E-state index in [0.717, 1.165) is 0 Å². The van der Waals surface area contributed by atoms with Crippen LogP contribution in [-0.2, 0) is 14.8 Å². The molecular formula is C20H25N5O5S. The highest BCUT2D eigenvalue weighted by Crippen LogP contribution is 2.30. The summed E-state index contributed by atoms with van der Waals surface area (Å²) in [5.74, 6) is 0.939. The highest BCUT2D eigenvalue weighted by molar-refractivity contribution is 7.89. The zero-order chi connectivity index (χ0) is 22.0. The molecule has 0 radical (unpaired) electrons. The Morgan fingerprint density at radius 2 is 2.06 bits per heavy atom. The van der Waals surface area contributed by atoms with Gasteiger partial charge in [0.05, 0.1) is 12.0 Å². The van der Waals surface area contributed by atoms with Crippen molar-refractivity contribution in [1.82, 2.24) is 14.2 Å². The Hall–Kier alpha value is -2.84. The fourth-order valence-corrected chi connectivity index (χ4v) is 5.88. The first-order valence-corrected chi connectivity index (χ1v) is 12.0. The van der Waals surface area contributed by atoms with Crippen LogP contribution >= 0.6 is 0 Å². The van der Waals surface area contributed by atoms with Crippen molar-refractivity contribution in [2.75, 3.05) is 43.4 Å². The molecule has 0 saturated carbocycles. The topological polar surface area (TPSA) is 124 Å². The summed E-state index contributed by atoms with van der Waals surface area (Å²) in [6.45, 7) is 3.97. The van der Waals surface area contributed by atoms with Crippen molar-refractivity contribution in [3.63, 3.8) is 0 Å². The van der Waals surface area contributed by atoms with Gasteiger partial charge in [0.2, 0.25) is 27.5 Å². The number of piperazine rings is 1. The summed E-state index contributed by atoms with van der Waals surface area (Å²) in [6.07, 6.45) is 3.27. The predicted octanol–water partition coefficient (Wildman–Crippen LogP) is 1.66. The number of anilines is 1. The average molecular weight is 448 g/mol. The molecule has 31 heavy (non-hydrogen) atoms. The fraction of sp³-hybridized carbons (Fsp3) is 0.550. The molecule has 0 spiro atoms. The fourth-order valence-electron chi connectivity index (χ4n) is 4.14. The number of nitrogens with zero attached hydrogens (tertiary/aromatic N) is 5. The van der Waals surface area contributed by atoms with Gasteiger partial charge in [0.25, 0.3) is 5.89 Å². The smallest absolute Gasteiger partial charge is 0.266 e. The van der Waals surface area contributed by atoms with Crippen LogP contribution in [0.5, 0.6) is 0 Å². The molecule has 1 amide bonds. The predicted molar refractivity (Wildman–Crippen MR) is 112 cm³/mol. The maximum absolute atomic E-state index is 13.1. The summed E-state index contributed by atoms with van der Waals surface area (Å²) in [6, 6.07) is 4.84. The molecule has 0 N–H and O–H groups in total. The van der Waals surface area contributed by atoms with Crippen LogP contribution in [0.25, 0.3) is 11.7 Å². The molecule has 2 aromatic heterocycles. The van der Waals surface area contributed by atoms with Crippen molar-refractivity contribution in [2.24, 2.45) is 0 Å². The van der Waals surface area contributed by atoms with E-state index in [1.165, 1.54) is 10.6 Å². The minimum Gasteiger partial charge on any atom is -0.459 e. The molecule has 2 fully saturated rings. The lowest BCUT2D eigenvalue weighted by Gasteiger charge is -2.37. The van der Waals surface area contributed by atoms with Crippen LogP contribution < -0.4 is 4.90 Å². The monoisotopic (exact) mass is 447 g/mol. The largest absolute Gasteiger partial charge is 0.459 e. The standard InChI is InChI=1S/C20H25N5O5S/c1-2-13-31(27,28)25-7-3-5-16(25)19(26)23-8-10-24(11-9-23)20-15(14-21)22-18(30-20)17-6-4-12-29-17/h4,6,12,16H,2-3,5,7-11,13H2,1H3. The molecule has 1 atom stereocenters. The van der Waals surface area contributed by atoms with Crippen LogP contribution in [-0.4, -0.2) is 73.0 Å². The third-order valence-electron chi connectivity index (χ3n) is 5.63. The van der Waals surface area contributed by atoms with Gasteiger partial charge in [-0.1, -0.05) is 6.92 Å². The molecule has 11 heteroatoms. The van der Waals surface area contributed by atoms with E-state index in [0.29, 0.717) is 63.6 Å². The third kappa shape index (κ3) is 4.18. The number of oxazole rings is 1. The lowest BCUT2D eigenvalue weighted by molar-refractivity contribution is -0.134. The molecule has 0 aliphatic carbocycles. The number of hydrogen-bond acceptors (Lipinski definition) is 8. The Morgan fingerprint density at radius 1 is 1.29 bits per heavy atom. The number of aromatic nitrogens is 1. The zero-order valence-electron chi connectivity index (χ0n) is 17.4. The zero-order valence-corrected chi connectivity index (χ0v) is 18.2. The molecular weight excluding hydrogens is 422 g/mol. The number of carbonyl (C=O) groups is 1. The Balaban J connectivity index is 1.43. The van der Waals surface area contributed by atoms with Crippen molar-refractivity contribution < 1.29 is 22.0 Å². The van der Waals surface area contributed by atoms with E-state index in [9.17, 15) is 18.5 Å². The second kappa shape index (κ2) is 8.72. The molecule has 1 unspecified atom stereocenters. The molecule has 10 nitrogen and oxygen atoms in total. The second-order valence-electron chi connectivity index (χ2n) is 7.66. The van der Waals surface area contributed by atoms with E-state index in [1.54, 1.807) is 17.0 Å². The minimum atomic E-state index is -3.42. The first-order chi connectivity index (χ1) is 14.9. The van der Waals surface area contributed by atoms with Crippen molar-refractivity contribution in [1.29, 1.82) is 5.26 Å². The van der Waals surface area contributed by atoms with Gasteiger partial charge in [-0.15, -0.1) is 0 Å². The van der Waals surface area contributed by atoms with Gasteiger partial charge in [0.15, 0.2) is 5.76 Å². The van der Waals surface area contributed by atoms with E-state index in [-0.39, 0.29) is 23.2 Å². The van der Waals surface area contributed by atoms with E-state index in [1.807, 2.05) is 17.9 Å². The van der Waals surface area contributed by atoms with Crippen LogP contribution in [0.3, 0.4) is 0 Å². The first kappa shape index (κ1) is 21.4. The van der Waals surface area contributed by atoms with E-state index < -0.39 is 16.1 Å². The van der Waals surface area contributed by atoms with E-state index >= 15 is 0 Å². The van der Waals surface area contributed by atoms with Gasteiger partial charge in [-0.05, 0) is 31.4 Å². The van der Waals surface area contributed by atoms with Crippen molar-refractivity contribution in [2.45, 2.75) is 32.2 Å². The number of amides is 1. The number of carbonyl (C=O) groups excluding carboxylic acids is 1. The van der Waals surface area contributed by atoms with Crippen LogP contribution in [0, 0.1) is 11.3 Å². The summed E-state index contributed by atoms with van der Waals surface area (Å²) in [4.78, 5) is 20.9. The summed E-state index contributed by atoms with van der Waals surface area (Å²) >= 11 is 0. The van der Waals surface area contributed by atoms with Gasteiger partial charge in [-0.2, -0.15) is 14.6 Å². The lowest BCUT2D eigenvalue weighted by atomic mass is 10.2.